The molecule has 1 aromatic heterocycles. The highest BCUT2D eigenvalue weighted by Gasteiger charge is 2.08. The number of hydrogen-bond donors (Lipinski definition) is 2. The van der Waals surface area contributed by atoms with Crippen molar-refractivity contribution in [3.63, 3.8) is 0 Å². The molecule has 0 aliphatic rings. The van der Waals surface area contributed by atoms with E-state index in [1.807, 2.05) is 30.3 Å². The van der Waals surface area contributed by atoms with E-state index in [9.17, 15) is 4.79 Å². The van der Waals surface area contributed by atoms with E-state index in [1.165, 1.54) is 0 Å². The first-order chi connectivity index (χ1) is 12.7. The van der Waals surface area contributed by atoms with E-state index in [4.69, 9.17) is 16.3 Å². The van der Waals surface area contributed by atoms with E-state index >= 15 is 0 Å². The average Bonchev–Trinajstić information content (AvgIpc) is 2.68. The number of pyridine rings is 1. The van der Waals surface area contributed by atoms with Gasteiger partial charge in [0.2, 0.25) is 0 Å². The Balaban J connectivity index is 1.60. The second kappa shape index (κ2) is 8.36. The van der Waals surface area contributed by atoms with Gasteiger partial charge in [0, 0.05) is 17.1 Å². The lowest BCUT2D eigenvalue weighted by Crippen LogP contribution is -2.13. The SMILES string of the molecule is COc1cccc(C(=O)Nc2ccc(NCc3ccccc3Cl)cn2)c1. The fraction of sp³-hybridized carbons (Fsp3) is 0.100. The van der Waals surface area contributed by atoms with Crippen LogP contribution in [0.1, 0.15) is 15.9 Å². The van der Waals surface area contributed by atoms with Gasteiger partial charge in [-0.25, -0.2) is 4.98 Å². The van der Waals surface area contributed by atoms with Crippen molar-refractivity contribution < 1.29 is 9.53 Å². The predicted octanol–water partition coefficient (Wildman–Crippen LogP) is 4.61. The van der Waals surface area contributed by atoms with Crippen LogP contribution in [0.2, 0.25) is 5.02 Å². The van der Waals surface area contributed by atoms with Crippen molar-refractivity contribution in [2.75, 3.05) is 17.7 Å². The standard InChI is InChI=1S/C20H18ClN3O2/c1-26-17-7-4-6-14(11-17)20(25)24-19-10-9-16(13-23-19)22-12-15-5-2-3-8-18(15)21/h2-11,13,22H,12H2,1H3,(H,23,24,25). The summed E-state index contributed by atoms with van der Waals surface area (Å²) in [7, 11) is 1.56. The molecule has 26 heavy (non-hydrogen) atoms. The van der Waals surface area contributed by atoms with Gasteiger partial charge in [-0.3, -0.25) is 4.79 Å². The van der Waals surface area contributed by atoms with Crippen LogP contribution in [0.25, 0.3) is 0 Å². The van der Waals surface area contributed by atoms with Crippen LogP contribution in [0.3, 0.4) is 0 Å². The van der Waals surface area contributed by atoms with Gasteiger partial charge in [-0.1, -0.05) is 35.9 Å². The monoisotopic (exact) mass is 367 g/mol. The number of rotatable bonds is 6. The minimum absolute atomic E-state index is 0.242. The molecule has 0 atom stereocenters. The molecule has 0 spiro atoms. The molecule has 0 bridgehead atoms. The van der Waals surface area contributed by atoms with Crippen LogP contribution < -0.4 is 15.4 Å². The zero-order valence-corrected chi connectivity index (χ0v) is 15.0. The number of ether oxygens (including phenoxy) is 1. The Morgan fingerprint density at radius 2 is 1.96 bits per heavy atom. The highest BCUT2D eigenvalue weighted by molar-refractivity contribution is 6.31. The van der Waals surface area contributed by atoms with Gasteiger partial charge in [0.05, 0.1) is 19.0 Å². The predicted molar refractivity (Wildman–Crippen MR) is 104 cm³/mol. The van der Waals surface area contributed by atoms with E-state index in [0.29, 0.717) is 23.7 Å². The largest absolute Gasteiger partial charge is 0.497 e. The molecule has 0 aliphatic carbocycles. The number of aromatic nitrogens is 1. The molecule has 2 N–H and O–H groups in total. The van der Waals surface area contributed by atoms with Gasteiger partial charge in [0.25, 0.3) is 5.91 Å². The first-order valence-electron chi connectivity index (χ1n) is 8.04. The van der Waals surface area contributed by atoms with Crippen molar-refractivity contribution in [1.29, 1.82) is 0 Å². The number of nitrogens with zero attached hydrogens (tertiary/aromatic N) is 1. The lowest BCUT2D eigenvalue weighted by atomic mass is 10.2. The molecule has 0 fully saturated rings. The number of amides is 1. The second-order valence-electron chi connectivity index (χ2n) is 5.56. The van der Waals surface area contributed by atoms with Crippen LogP contribution in [0.4, 0.5) is 11.5 Å². The number of benzene rings is 2. The summed E-state index contributed by atoms with van der Waals surface area (Å²) in [5.41, 5.74) is 2.35. The van der Waals surface area contributed by atoms with Gasteiger partial charge >= 0.3 is 0 Å². The third-order valence-corrected chi connectivity index (χ3v) is 4.15. The van der Waals surface area contributed by atoms with E-state index in [-0.39, 0.29) is 5.91 Å². The lowest BCUT2D eigenvalue weighted by molar-refractivity contribution is 0.102. The number of carbonyl (C=O) groups is 1. The Morgan fingerprint density at radius 1 is 1.12 bits per heavy atom. The normalized spacial score (nSPS) is 10.2. The molecule has 0 aliphatic heterocycles. The first kappa shape index (κ1) is 17.8. The maximum absolute atomic E-state index is 12.3. The van der Waals surface area contributed by atoms with Crippen LogP contribution in [0, 0.1) is 0 Å². The Kier molecular flexibility index (Phi) is 5.71. The highest BCUT2D eigenvalue weighted by atomic mass is 35.5. The maximum Gasteiger partial charge on any atom is 0.256 e. The number of nitrogens with one attached hydrogen (secondary N) is 2. The van der Waals surface area contributed by atoms with Crippen LogP contribution in [-0.4, -0.2) is 18.0 Å². The minimum Gasteiger partial charge on any atom is -0.497 e. The summed E-state index contributed by atoms with van der Waals surface area (Å²) in [5, 5.41) is 6.74. The third kappa shape index (κ3) is 4.52. The number of halogens is 1. The summed E-state index contributed by atoms with van der Waals surface area (Å²) in [5.74, 6) is 0.860. The number of methoxy groups -OCH3 is 1. The molecule has 0 saturated carbocycles. The van der Waals surface area contributed by atoms with E-state index in [0.717, 1.165) is 16.3 Å². The summed E-state index contributed by atoms with van der Waals surface area (Å²) in [4.78, 5) is 16.5. The number of hydrogen-bond acceptors (Lipinski definition) is 4. The molecule has 3 rings (SSSR count). The molecule has 6 heteroatoms. The molecule has 1 amide bonds. The van der Waals surface area contributed by atoms with Crippen molar-refractivity contribution in [1.82, 2.24) is 4.98 Å². The van der Waals surface area contributed by atoms with Crippen molar-refractivity contribution in [2.24, 2.45) is 0 Å². The van der Waals surface area contributed by atoms with E-state index < -0.39 is 0 Å². The zero-order valence-electron chi connectivity index (χ0n) is 14.2. The number of carbonyl (C=O) groups excluding carboxylic acids is 1. The molecule has 0 unspecified atom stereocenters. The zero-order chi connectivity index (χ0) is 18.4. The van der Waals surface area contributed by atoms with Gasteiger partial charge in [-0.15, -0.1) is 0 Å². The van der Waals surface area contributed by atoms with Crippen LogP contribution >= 0.6 is 11.6 Å². The van der Waals surface area contributed by atoms with Gasteiger partial charge in [-0.2, -0.15) is 0 Å². The Hall–Kier alpha value is -3.05. The van der Waals surface area contributed by atoms with Crippen molar-refractivity contribution in [3.8, 4) is 5.75 Å². The molecule has 2 aromatic carbocycles. The number of anilines is 2. The van der Waals surface area contributed by atoms with Crippen molar-refractivity contribution in [3.05, 3.63) is 83.0 Å². The minimum atomic E-state index is -0.242. The molecule has 3 aromatic rings. The Labute approximate surface area is 157 Å². The fourth-order valence-electron chi connectivity index (χ4n) is 2.36. The highest BCUT2D eigenvalue weighted by Crippen LogP contribution is 2.18. The van der Waals surface area contributed by atoms with Gasteiger partial charge in [0.15, 0.2) is 0 Å². The summed E-state index contributed by atoms with van der Waals surface area (Å²) < 4.78 is 5.13. The van der Waals surface area contributed by atoms with Gasteiger partial charge in [0.1, 0.15) is 11.6 Å². The quantitative estimate of drug-likeness (QED) is 0.668. The topological polar surface area (TPSA) is 63.2 Å². The summed E-state index contributed by atoms with van der Waals surface area (Å²) >= 11 is 6.14. The summed E-state index contributed by atoms with van der Waals surface area (Å²) in [6, 6.07) is 18.2. The molecular formula is C20H18ClN3O2. The Morgan fingerprint density at radius 3 is 2.69 bits per heavy atom. The van der Waals surface area contributed by atoms with Crippen LogP contribution in [-0.2, 0) is 6.54 Å². The Bertz CT molecular complexity index is 898. The summed E-state index contributed by atoms with van der Waals surface area (Å²) in [6.45, 7) is 0.594. The first-order valence-corrected chi connectivity index (χ1v) is 8.42. The second-order valence-corrected chi connectivity index (χ2v) is 5.97. The fourth-order valence-corrected chi connectivity index (χ4v) is 2.57. The third-order valence-electron chi connectivity index (χ3n) is 3.78. The molecule has 132 valence electrons. The van der Waals surface area contributed by atoms with E-state index in [1.54, 1.807) is 43.6 Å². The smallest absolute Gasteiger partial charge is 0.256 e. The van der Waals surface area contributed by atoms with Crippen LogP contribution in [0.15, 0.2) is 66.9 Å². The van der Waals surface area contributed by atoms with Crippen LogP contribution in [0.5, 0.6) is 5.75 Å². The van der Waals surface area contributed by atoms with Crippen molar-refractivity contribution >= 4 is 29.0 Å². The molecular weight excluding hydrogens is 350 g/mol. The molecule has 1 heterocycles. The molecule has 0 radical (unpaired) electrons. The van der Waals surface area contributed by atoms with Gasteiger partial charge in [-0.05, 0) is 42.0 Å². The van der Waals surface area contributed by atoms with Crippen molar-refractivity contribution in [2.45, 2.75) is 6.54 Å². The lowest BCUT2D eigenvalue weighted by Gasteiger charge is -2.09. The van der Waals surface area contributed by atoms with Gasteiger partial charge < -0.3 is 15.4 Å². The average molecular weight is 368 g/mol. The molecule has 0 saturated heterocycles. The van der Waals surface area contributed by atoms with E-state index in [2.05, 4.69) is 15.6 Å². The summed E-state index contributed by atoms with van der Waals surface area (Å²) in [6.07, 6.45) is 1.66. The maximum atomic E-state index is 12.3. The molecule has 5 nitrogen and oxygen atoms in total.